The topological polar surface area (TPSA) is 43.8 Å². The van der Waals surface area contributed by atoms with Crippen LogP contribution in [0.4, 0.5) is 0 Å². The molecule has 1 saturated heterocycles. The Bertz CT molecular complexity index is 319. The predicted octanol–water partition coefficient (Wildman–Crippen LogP) is 1.48. The smallest absolute Gasteiger partial charge is 0.236 e. The average molecular weight is 268 g/mol. The van der Waals surface area contributed by atoms with Crippen molar-refractivity contribution in [3.8, 4) is 0 Å². The lowest BCUT2D eigenvalue weighted by molar-refractivity contribution is -0.133. The molecule has 0 aromatic rings. The normalized spacial score (nSPS) is 32.2. The molecule has 0 aromatic carbocycles. The van der Waals surface area contributed by atoms with Crippen LogP contribution in [0, 0.1) is 5.92 Å². The SMILES string of the molecule is CC(C)N(C)C(=O)CN1CCCC1C1CCCC1O. The summed E-state index contributed by atoms with van der Waals surface area (Å²) in [5.74, 6) is 0.592. The molecule has 3 atom stereocenters. The fraction of sp³-hybridized carbons (Fsp3) is 0.933. The summed E-state index contributed by atoms with van der Waals surface area (Å²) in [7, 11) is 1.88. The van der Waals surface area contributed by atoms with Crippen LogP contribution in [-0.2, 0) is 4.79 Å². The molecule has 1 aliphatic carbocycles. The first kappa shape index (κ1) is 14.8. The highest BCUT2D eigenvalue weighted by molar-refractivity contribution is 5.78. The Morgan fingerprint density at radius 3 is 2.63 bits per heavy atom. The molecule has 1 saturated carbocycles. The summed E-state index contributed by atoms with van der Waals surface area (Å²) in [4.78, 5) is 16.3. The molecule has 0 radical (unpaired) electrons. The monoisotopic (exact) mass is 268 g/mol. The van der Waals surface area contributed by atoms with E-state index in [1.807, 2.05) is 25.8 Å². The molecule has 0 spiro atoms. The zero-order chi connectivity index (χ0) is 14.0. The second kappa shape index (κ2) is 6.23. The first-order valence-electron chi connectivity index (χ1n) is 7.68. The number of aliphatic hydroxyl groups is 1. The molecule has 3 unspecified atom stereocenters. The summed E-state index contributed by atoms with van der Waals surface area (Å²) in [5, 5.41) is 10.1. The molecule has 1 amide bonds. The lowest BCUT2D eigenvalue weighted by atomic mass is 9.94. The van der Waals surface area contributed by atoms with Gasteiger partial charge in [-0.15, -0.1) is 0 Å². The molecule has 0 aromatic heterocycles. The van der Waals surface area contributed by atoms with Crippen molar-refractivity contribution in [2.75, 3.05) is 20.1 Å². The summed E-state index contributed by atoms with van der Waals surface area (Å²) in [6, 6.07) is 0.674. The van der Waals surface area contributed by atoms with Crippen molar-refractivity contribution in [3.05, 3.63) is 0 Å². The molecule has 2 rings (SSSR count). The van der Waals surface area contributed by atoms with Crippen molar-refractivity contribution in [2.24, 2.45) is 5.92 Å². The highest BCUT2D eigenvalue weighted by Gasteiger charge is 2.38. The number of carbonyl (C=O) groups is 1. The van der Waals surface area contributed by atoms with E-state index in [1.165, 1.54) is 0 Å². The first-order valence-corrected chi connectivity index (χ1v) is 7.68. The minimum absolute atomic E-state index is 0.150. The zero-order valence-corrected chi connectivity index (χ0v) is 12.5. The van der Waals surface area contributed by atoms with Crippen LogP contribution in [0.1, 0.15) is 46.0 Å². The lowest BCUT2D eigenvalue weighted by Gasteiger charge is -2.32. The molecule has 0 bridgehead atoms. The van der Waals surface area contributed by atoms with Crippen LogP contribution in [0.25, 0.3) is 0 Å². The Morgan fingerprint density at radius 2 is 2.05 bits per heavy atom. The van der Waals surface area contributed by atoms with Gasteiger partial charge in [0.15, 0.2) is 0 Å². The fourth-order valence-electron chi connectivity index (χ4n) is 3.52. The van der Waals surface area contributed by atoms with Crippen LogP contribution in [-0.4, -0.2) is 59.1 Å². The van der Waals surface area contributed by atoms with Crippen LogP contribution in [0.15, 0.2) is 0 Å². The maximum absolute atomic E-state index is 12.2. The van der Waals surface area contributed by atoms with Crippen LogP contribution in [0.5, 0.6) is 0 Å². The Balaban J connectivity index is 1.93. The Morgan fingerprint density at radius 1 is 1.32 bits per heavy atom. The number of aliphatic hydroxyl groups excluding tert-OH is 1. The van der Waals surface area contributed by atoms with Crippen molar-refractivity contribution in [2.45, 2.75) is 64.1 Å². The van der Waals surface area contributed by atoms with Gasteiger partial charge < -0.3 is 10.0 Å². The molecule has 1 N–H and O–H groups in total. The van der Waals surface area contributed by atoms with Gasteiger partial charge >= 0.3 is 0 Å². The first-order chi connectivity index (χ1) is 9.00. The molecule has 1 heterocycles. The highest BCUT2D eigenvalue weighted by Crippen LogP contribution is 2.35. The predicted molar refractivity (Wildman–Crippen MR) is 75.8 cm³/mol. The standard InChI is InChI=1S/C15H28N2O2/c1-11(2)16(3)15(19)10-17-9-5-7-13(17)12-6-4-8-14(12)18/h11-14,18H,4-10H2,1-3H3. The van der Waals surface area contributed by atoms with Gasteiger partial charge in [-0.25, -0.2) is 0 Å². The van der Waals surface area contributed by atoms with E-state index < -0.39 is 0 Å². The van der Waals surface area contributed by atoms with Gasteiger partial charge in [0.25, 0.3) is 0 Å². The molecular weight excluding hydrogens is 240 g/mol. The van der Waals surface area contributed by atoms with E-state index in [2.05, 4.69) is 4.90 Å². The van der Waals surface area contributed by atoms with Gasteiger partial charge in [0, 0.05) is 25.0 Å². The quantitative estimate of drug-likeness (QED) is 0.840. The average Bonchev–Trinajstić information content (AvgIpc) is 2.96. The van der Waals surface area contributed by atoms with Crippen molar-refractivity contribution >= 4 is 5.91 Å². The summed E-state index contributed by atoms with van der Waals surface area (Å²) >= 11 is 0. The highest BCUT2D eigenvalue weighted by atomic mass is 16.3. The molecule has 4 nitrogen and oxygen atoms in total. The summed E-state index contributed by atoms with van der Waals surface area (Å²) in [5.41, 5.74) is 0. The summed E-state index contributed by atoms with van der Waals surface area (Å²) in [6.45, 7) is 5.61. The largest absolute Gasteiger partial charge is 0.393 e. The lowest BCUT2D eigenvalue weighted by Crippen LogP contribution is -2.46. The molecule has 2 fully saturated rings. The van der Waals surface area contributed by atoms with E-state index in [0.29, 0.717) is 18.5 Å². The van der Waals surface area contributed by atoms with Gasteiger partial charge in [-0.05, 0) is 46.1 Å². The van der Waals surface area contributed by atoms with Gasteiger partial charge in [-0.2, -0.15) is 0 Å². The second-order valence-corrected chi connectivity index (χ2v) is 6.44. The van der Waals surface area contributed by atoms with E-state index in [4.69, 9.17) is 0 Å². The summed E-state index contributed by atoms with van der Waals surface area (Å²) < 4.78 is 0. The van der Waals surface area contributed by atoms with Crippen LogP contribution in [0.2, 0.25) is 0 Å². The number of likely N-dealkylation sites (tertiary alicyclic amines) is 1. The van der Waals surface area contributed by atoms with Crippen molar-refractivity contribution in [3.63, 3.8) is 0 Å². The van der Waals surface area contributed by atoms with E-state index >= 15 is 0 Å². The fourth-order valence-corrected chi connectivity index (χ4v) is 3.52. The molecule has 1 aliphatic heterocycles. The maximum Gasteiger partial charge on any atom is 0.236 e. The van der Waals surface area contributed by atoms with Crippen LogP contribution >= 0.6 is 0 Å². The number of rotatable bonds is 4. The van der Waals surface area contributed by atoms with E-state index in [9.17, 15) is 9.90 Å². The van der Waals surface area contributed by atoms with Crippen molar-refractivity contribution in [1.29, 1.82) is 0 Å². The van der Waals surface area contributed by atoms with Crippen molar-refractivity contribution < 1.29 is 9.90 Å². The van der Waals surface area contributed by atoms with E-state index in [1.54, 1.807) is 0 Å². The number of carbonyl (C=O) groups excluding carboxylic acids is 1. The third kappa shape index (κ3) is 3.29. The molecule has 2 aliphatic rings. The minimum Gasteiger partial charge on any atom is -0.393 e. The molecular formula is C15H28N2O2. The Labute approximate surface area is 116 Å². The van der Waals surface area contributed by atoms with Crippen LogP contribution in [0.3, 0.4) is 0 Å². The molecule has 110 valence electrons. The minimum atomic E-state index is -0.150. The molecule has 19 heavy (non-hydrogen) atoms. The number of hydrogen-bond donors (Lipinski definition) is 1. The van der Waals surface area contributed by atoms with Gasteiger partial charge in [-0.1, -0.05) is 6.42 Å². The molecule has 4 heteroatoms. The van der Waals surface area contributed by atoms with E-state index in [0.717, 1.165) is 38.6 Å². The van der Waals surface area contributed by atoms with E-state index in [-0.39, 0.29) is 18.1 Å². The Hall–Kier alpha value is -0.610. The van der Waals surface area contributed by atoms with Gasteiger partial charge in [-0.3, -0.25) is 9.69 Å². The maximum atomic E-state index is 12.2. The number of hydrogen-bond acceptors (Lipinski definition) is 3. The zero-order valence-electron chi connectivity index (χ0n) is 12.5. The third-order valence-corrected chi connectivity index (χ3v) is 4.95. The summed E-state index contributed by atoms with van der Waals surface area (Å²) in [6.07, 6.45) is 5.34. The van der Waals surface area contributed by atoms with Gasteiger partial charge in [0.1, 0.15) is 0 Å². The van der Waals surface area contributed by atoms with Crippen LogP contribution < -0.4 is 0 Å². The number of amides is 1. The van der Waals surface area contributed by atoms with Gasteiger partial charge in [0.05, 0.1) is 12.6 Å². The van der Waals surface area contributed by atoms with Crippen molar-refractivity contribution in [1.82, 2.24) is 9.80 Å². The number of likely N-dealkylation sites (N-methyl/N-ethyl adjacent to an activating group) is 1. The Kier molecular flexibility index (Phi) is 4.85. The van der Waals surface area contributed by atoms with Gasteiger partial charge in [0.2, 0.25) is 5.91 Å². The number of nitrogens with zero attached hydrogens (tertiary/aromatic N) is 2. The second-order valence-electron chi connectivity index (χ2n) is 6.44. The third-order valence-electron chi connectivity index (χ3n) is 4.95.